The normalized spacial score (nSPS) is 12.8. The van der Waals surface area contributed by atoms with Crippen LogP contribution in [0.25, 0.3) is 0 Å². The summed E-state index contributed by atoms with van der Waals surface area (Å²) >= 11 is 0. The Balaban J connectivity index is 2.76. The molecule has 0 spiro atoms. The fraction of sp³-hybridized carbons (Fsp3) is 0.500. The Morgan fingerprint density at radius 1 is 1.55 bits per heavy atom. The Labute approximate surface area is 113 Å². The molecule has 112 valence electrons. The third-order valence-electron chi connectivity index (χ3n) is 2.33. The minimum Gasteiger partial charge on any atom is -0.467 e. The topological polar surface area (TPSA) is 71.5 Å². The van der Waals surface area contributed by atoms with Gasteiger partial charge in [-0.1, -0.05) is 0 Å². The third-order valence-corrected chi connectivity index (χ3v) is 2.33. The lowest BCUT2D eigenvalue weighted by atomic mass is 10.2. The number of nitrogens with zero attached hydrogens (tertiary/aromatic N) is 1. The summed E-state index contributed by atoms with van der Waals surface area (Å²) < 4.78 is 40.8. The fourth-order valence-corrected chi connectivity index (χ4v) is 1.40. The second kappa shape index (κ2) is 7.09. The lowest BCUT2D eigenvalue weighted by molar-refractivity contribution is -0.154. The van der Waals surface area contributed by atoms with Gasteiger partial charge in [-0.15, -0.1) is 0 Å². The van der Waals surface area contributed by atoms with E-state index >= 15 is 0 Å². The lowest BCUT2D eigenvalue weighted by Crippen LogP contribution is -2.33. The lowest BCUT2D eigenvalue weighted by Gasteiger charge is -2.15. The number of nitrogens with one attached hydrogen (secondary N) is 1. The van der Waals surface area contributed by atoms with E-state index in [-0.39, 0.29) is 24.1 Å². The van der Waals surface area contributed by atoms with Gasteiger partial charge in [0.25, 0.3) is 5.91 Å². The Morgan fingerprint density at radius 2 is 2.25 bits per heavy atom. The van der Waals surface area contributed by atoms with E-state index in [1.807, 2.05) is 0 Å². The predicted octanol–water partition coefficient (Wildman–Crippen LogP) is 1.52. The summed E-state index contributed by atoms with van der Waals surface area (Å²) in [5.41, 5.74) is -0.0819. The van der Waals surface area contributed by atoms with Crippen LogP contribution in [0.4, 0.5) is 13.2 Å². The molecule has 0 aliphatic carbocycles. The van der Waals surface area contributed by atoms with Crippen LogP contribution in [0.5, 0.6) is 5.88 Å². The summed E-state index contributed by atoms with van der Waals surface area (Å²) in [6.07, 6.45) is -2.93. The first kappa shape index (κ1) is 16.2. The highest BCUT2D eigenvalue weighted by molar-refractivity contribution is 5.96. The van der Waals surface area contributed by atoms with Gasteiger partial charge in [-0.3, -0.25) is 4.79 Å². The molecule has 0 unspecified atom stereocenters. The van der Waals surface area contributed by atoms with E-state index in [9.17, 15) is 18.0 Å². The molecular formula is C12H15F3N2O3. The molecule has 1 amide bonds. The van der Waals surface area contributed by atoms with Gasteiger partial charge in [-0.2, -0.15) is 13.2 Å². The standard InChI is InChI=1S/C12H15F3N2O3/c1-8(4-6-18)17-10(19)9-3-2-5-16-11(9)20-7-12(13,14)15/h2-3,5,8,18H,4,6-7H2,1H3,(H,17,19)/t8-/m0/s1. The summed E-state index contributed by atoms with van der Waals surface area (Å²) in [7, 11) is 0. The number of amides is 1. The van der Waals surface area contributed by atoms with Gasteiger partial charge in [0.05, 0.1) is 0 Å². The molecule has 0 radical (unpaired) electrons. The smallest absolute Gasteiger partial charge is 0.422 e. The molecule has 1 atom stereocenters. The SMILES string of the molecule is C[C@@H](CCO)NC(=O)c1cccnc1OCC(F)(F)F. The first-order valence-corrected chi connectivity index (χ1v) is 5.90. The predicted molar refractivity (Wildman–Crippen MR) is 64.4 cm³/mol. The highest BCUT2D eigenvalue weighted by Crippen LogP contribution is 2.20. The van der Waals surface area contributed by atoms with Crippen LogP contribution >= 0.6 is 0 Å². The van der Waals surface area contributed by atoms with E-state index < -0.39 is 18.7 Å². The molecule has 0 aromatic carbocycles. The number of rotatable bonds is 6. The van der Waals surface area contributed by atoms with Gasteiger partial charge >= 0.3 is 6.18 Å². The van der Waals surface area contributed by atoms with Crippen molar-refractivity contribution in [3.63, 3.8) is 0 Å². The molecule has 8 heteroatoms. The number of alkyl halides is 3. The van der Waals surface area contributed by atoms with E-state index in [1.165, 1.54) is 18.3 Å². The molecule has 1 rings (SSSR count). The monoisotopic (exact) mass is 292 g/mol. The van der Waals surface area contributed by atoms with E-state index in [1.54, 1.807) is 6.92 Å². The molecular weight excluding hydrogens is 277 g/mol. The minimum atomic E-state index is -4.50. The number of aliphatic hydroxyl groups excluding tert-OH is 1. The quantitative estimate of drug-likeness (QED) is 0.834. The Bertz CT molecular complexity index is 452. The number of carbonyl (C=O) groups is 1. The van der Waals surface area contributed by atoms with E-state index in [0.29, 0.717) is 6.42 Å². The Morgan fingerprint density at radius 3 is 2.85 bits per heavy atom. The molecule has 2 N–H and O–H groups in total. The summed E-state index contributed by atoms with van der Waals surface area (Å²) in [5, 5.41) is 11.3. The number of aliphatic hydroxyl groups is 1. The molecule has 0 aliphatic heterocycles. The highest BCUT2D eigenvalue weighted by atomic mass is 19.4. The summed E-state index contributed by atoms with van der Waals surface area (Å²) in [5.74, 6) is -0.977. The van der Waals surface area contributed by atoms with Gasteiger partial charge in [0.2, 0.25) is 5.88 Å². The van der Waals surface area contributed by atoms with Crippen LogP contribution in [-0.2, 0) is 0 Å². The average molecular weight is 292 g/mol. The van der Waals surface area contributed by atoms with Crippen molar-refractivity contribution < 1.29 is 27.8 Å². The summed E-state index contributed by atoms with van der Waals surface area (Å²) in [6.45, 7) is 0.0448. The first-order valence-electron chi connectivity index (χ1n) is 5.90. The van der Waals surface area contributed by atoms with Crippen LogP contribution in [0.1, 0.15) is 23.7 Å². The largest absolute Gasteiger partial charge is 0.467 e. The van der Waals surface area contributed by atoms with Crippen molar-refractivity contribution in [2.24, 2.45) is 0 Å². The van der Waals surface area contributed by atoms with Gasteiger partial charge in [0.1, 0.15) is 5.56 Å². The number of pyridine rings is 1. The van der Waals surface area contributed by atoms with Crippen LogP contribution in [0.2, 0.25) is 0 Å². The number of halogens is 3. The van der Waals surface area contributed by atoms with Gasteiger partial charge < -0.3 is 15.2 Å². The number of hydrogen-bond acceptors (Lipinski definition) is 4. The zero-order valence-corrected chi connectivity index (χ0v) is 10.8. The van der Waals surface area contributed by atoms with E-state index in [4.69, 9.17) is 5.11 Å². The van der Waals surface area contributed by atoms with Crippen molar-refractivity contribution in [2.75, 3.05) is 13.2 Å². The Hall–Kier alpha value is -1.83. The molecule has 0 bridgehead atoms. The van der Waals surface area contributed by atoms with Crippen LogP contribution in [0.3, 0.4) is 0 Å². The molecule has 1 aromatic rings. The maximum atomic E-state index is 12.1. The van der Waals surface area contributed by atoms with Crippen molar-refractivity contribution in [2.45, 2.75) is 25.6 Å². The van der Waals surface area contributed by atoms with E-state index in [0.717, 1.165) is 0 Å². The zero-order chi connectivity index (χ0) is 15.2. The van der Waals surface area contributed by atoms with Crippen molar-refractivity contribution >= 4 is 5.91 Å². The van der Waals surface area contributed by atoms with Crippen LogP contribution in [-0.4, -0.2) is 41.4 Å². The maximum Gasteiger partial charge on any atom is 0.422 e. The van der Waals surface area contributed by atoms with Crippen molar-refractivity contribution in [1.29, 1.82) is 0 Å². The van der Waals surface area contributed by atoms with Gasteiger partial charge in [-0.25, -0.2) is 4.98 Å². The average Bonchev–Trinajstić information content (AvgIpc) is 2.36. The Kier molecular flexibility index (Phi) is 5.75. The fourth-order valence-electron chi connectivity index (χ4n) is 1.40. The molecule has 0 saturated heterocycles. The zero-order valence-electron chi connectivity index (χ0n) is 10.8. The van der Waals surface area contributed by atoms with Gasteiger partial charge in [0.15, 0.2) is 6.61 Å². The van der Waals surface area contributed by atoms with Crippen molar-refractivity contribution in [3.05, 3.63) is 23.9 Å². The number of hydrogen-bond donors (Lipinski definition) is 2. The molecule has 1 heterocycles. The van der Waals surface area contributed by atoms with Crippen LogP contribution in [0.15, 0.2) is 18.3 Å². The minimum absolute atomic E-state index is 0.0819. The molecule has 0 fully saturated rings. The molecule has 0 saturated carbocycles. The summed E-state index contributed by atoms with van der Waals surface area (Å²) in [6, 6.07) is 2.43. The third kappa shape index (κ3) is 5.43. The second-order valence-corrected chi connectivity index (χ2v) is 4.15. The van der Waals surface area contributed by atoms with Crippen molar-refractivity contribution in [3.8, 4) is 5.88 Å². The van der Waals surface area contributed by atoms with E-state index in [2.05, 4.69) is 15.0 Å². The highest BCUT2D eigenvalue weighted by Gasteiger charge is 2.29. The maximum absolute atomic E-state index is 12.1. The molecule has 5 nitrogen and oxygen atoms in total. The van der Waals surface area contributed by atoms with Crippen LogP contribution in [0, 0.1) is 0 Å². The molecule has 0 aliphatic rings. The van der Waals surface area contributed by atoms with Crippen molar-refractivity contribution in [1.82, 2.24) is 10.3 Å². The second-order valence-electron chi connectivity index (χ2n) is 4.15. The number of carbonyl (C=O) groups excluding carboxylic acids is 1. The molecule has 20 heavy (non-hydrogen) atoms. The first-order chi connectivity index (χ1) is 9.33. The summed E-state index contributed by atoms with van der Waals surface area (Å²) in [4.78, 5) is 15.5. The number of aromatic nitrogens is 1. The van der Waals surface area contributed by atoms with Crippen LogP contribution < -0.4 is 10.1 Å². The van der Waals surface area contributed by atoms with Gasteiger partial charge in [-0.05, 0) is 25.5 Å². The molecule has 1 aromatic heterocycles. The van der Waals surface area contributed by atoms with Gasteiger partial charge in [0, 0.05) is 18.8 Å². The number of ether oxygens (including phenoxy) is 1.